The number of halogens is 1. The fourth-order valence-electron chi connectivity index (χ4n) is 2.15. The SMILES string of the molecule is O=CN1CCC(CNC(=O)c2ccnc(F)c2)CC1. The van der Waals surface area contributed by atoms with Crippen LogP contribution in [-0.4, -0.2) is 41.8 Å². The molecule has 0 atom stereocenters. The molecule has 2 amide bonds. The number of hydrogen-bond acceptors (Lipinski definition) is 3. The molecule has 1 aliphatic heterocycles. The second-order valence-electron chi connectivity index (χ2n) is 4.66. The largest absolute Gasteiger partial charge is 0.352 e. The third kappa shape index (κ3) is 3.74. The monoisotopic (exact) mass is 265 g/mol. The summed E-state index contributed by atoms with van der Waals surface area (Å²) in [6, 6.07) is 2.59. The molecule has 5 nitrogen and oxygen atoms in total. The Morgan fingerprint density at radius 3 is 2.89 bits per heavy atom. The van der Waals surface area contributed by atoms with Crippen molar-refractivity contribution in [3.8, 4) is 0 Å². The van der Waals surface area contributed by atoms with Crippen LogP contribution in [0.2, 0.25) is 0 Å². The Bertz CT molecular complexity index is 459. The Balaban J connectivity index is 1.80. The Hall–Kier alpha value is -1.98. The maximum Gasteiger partial charge on any atom is 0.251 e. The summed E-state index contributed by atoms with van der Waals surface area (Å²) in [5, 5.41) is 2.79. The van der Waals surface area contributed by atoms with Gasteiger partial charge in [0.25, 0.3) is 5.91 Å². The fourth-order valence-corrected chi connectivity index (χ4v) is 2.15. The van der Waals surface area contributed by atoms with Crippen LogP contribution < -0.4 is 5.32 Å². The van der Waals surface area contributed by atoms with Crippen molar-refractivity contribution in [3.05, 3.63) is 29.8 Å². The van der Waals surface area contributed by atoms with Crippen LogP contribution in [-0.2, 0) is 4.79 Å². The van der Waals surface area contributed by atoms with Crippen molar-refractivity contribution >= 4 is 12.3 Å². The van der Waals surface area contributed by atoms with Crippen LogP contribution in [0, 0.1) is 11.9 Å². The average Bonchev–Trinajstić information content (AvgIpc) is 2.45. The molecule has 1 saturated heterocycles. The van der Waals surface area contributed by atoms with E-state index in [1.807, 2.05) is 0 Å². The van der Waals surface area contributed by atoms with Gasteiger partial charge in [-0.15, -0.1) is 0 Å². The summed E-state index contributed by atoms with van der Waals surface area (Å²) >= 11 is 0. The summed E-state index contributed by atoms with van der Waals surface area (Å²) in [6.45, 7) is 2.01. The van der Waals surface area contributed by atoms with Gasteiger partial charge in [-0.25, -0.2) is 4.98 Å². The van der Waals surface area contributed by atoms with Gasteiger partial charge in [-0.05, 0) is 24.8 Å². The first-order valence-corrected chi connectivity index (χ1v) is 6.28. The van der Waals surface area contributed by atoms with Gasteiger partial charge in [0.05, 0.1) is 0 Å². The first kappa shape index (κ1) is 13.5. The minimum atomic E-state index is -0.660. The first-order chi connectivity index (χ1) is 9.19. The van der Waals surface area contributed by atoms with E-state index in [1.54, 1.807) is 4.90 Å². The topological polar surface area (TPSA) is 62.3 Å². The highest BCUT2D eigenvalue weighted by Crippen LogP contribution is 2.15. The number of rotatable bonds is 4. The fraction of sp³-hybridized carbons (Fsp3) is 0.462. The summed E-state index contributed by atoms with van der Waals surface area (Å²) in [5.74, 6) is -0.585. The number of nitrogens with one attached hydrogen (secondary N) is 1. The van der Waals surface area contributed by atoms with Crippen LogP contribution in [0.1, 0.15) is 23.2 Å². The number of hydrogen-bond donors (Lipinski definition) is 1. The van der Waals surface area contributed by atoms with Crippen molar-refractivity contribution in [1.82, 2.24) is 15.2 Å². The molecule has 1 fully saturated rings. The Morgan fingerprint density at radius 1 is 1.53 bits per heavy atom. The Kier molecular flexibility index (Phi) is 4.43. The van der Waals surface area contributed by atoms with Crippen LogP contribution in [0.25, 0.3) is 0 Å². The molecule has 1 aromatic heterocycles. The Morgan fingerprint density at radius 2 is 2.26 bits per heavy atom. The number of carbonyl (C=O) groups excluding carboxylic acids is 2. The van der Waals surface area contributed by atoms with E-state index in [9.17, 15) is 14.0 Å². The predicted octanol–water partition coefficient (Wildman–Crippen LogP) is 0.819. The molecule has 2 rings (SSSR count). The molecule has 0 radical (unpaired) electrons. The molecular formula is C13H16FN3O2. The van der Waals surface area contributed by atoms with Gasteiger partial charge in [0.15, 0.2) is 0 Å². The number of amides is 2. The molecule has 102 valence electrons. The number of likely N-dealkylation sites (tertiary alicyclic amines) is 1. The molecule has 6 heteroatoms. The molecule has 0 aliphatic carbocycles. The number of pyridine rings is 1. The van der Waals surface area contributed by atoms with Crippen molar-refractivity contribution in [2.45, 2.75) is 12.8 Å². The smallest absolute Gasteiger partial charge is 0.251 e. The summed E-state index contributed by atoms with van der Waals surface area (Å²) < 4.78 is 12.9. The number of carbonyl (C=O) groups is 2. The predicted molar refractivity (Wildman–Crippen MR) is 66.9 cm³/mol. The molecule has 0 aromatic carbocycles. The van der Waals surface area contributed by atoms with Gasteiger partial charge in [0.2, 0.25) is 12.4 Å². The van der Waals surface area contributed by atoms with Crippen LogP contribution in [0.3, 0.4) is 0 Å². The van der Waals surface area contributed by atoms with E-state index < -0.39 is 5.95 Å². The highest BCUT2D eigenvalue weighted by molar-refractivity contribution is 5.93. The van der Waals surface area contributed by atoms with Gasteiger partial charge < -0.3 is 10.2 Å². The lowest BCUT2D eigenvalue weighted by Gasteiger charge is -2.29. The zero-order chi connectivity index (χ0) is 13.7. The first-order valence-electron chi connectivity index (χ1n) is 6.28. The van der Waals surface area contributed by atoms with Crippen molar-refractivity contribution in [3.63, 3.8) is 0 Å². The normalized spacial score (nSPS) is 16.2. The van der Waals surface area contributed by atoms with Crippen molar-refractivity contribution in [1.29, 1.82) is 0 Å². The van der Waals surface area contributed by atoms with E-state index in [4.69, 9.17) is 0 Å². The van der Waals surface area contributed by atoms with Crippen LogP contribution in [0.4, 0.5) is 4.39 Å². The van der Waals surface area contributed by atoms with E-state index in [0.29, 0.717) is 12.5 Å². The van der Waals surface area contributed by atoms with Crippen molar-refractivity contribution in [2.75, 3.05) is 19.6 Å². The van der Waals surface area contributed by atoms with Gasteiger partial charge in [0.1, 0.15) is 0 Å². The number of nitrogens with zero attached hydrogens (tertiary/aromatic N) is 2. The van der Waals surface area contributed by atoms with Crippen molar-refractivity contribution < 1.29 is 14.0 Å². The lowest BCUT2D eigenvalue weighted by atomic mass is 9.97. The molecule has 0 saturated carbocycles. The molecule has 2 heterocycles. The van der Waals surface area contributed by atoms with Crippen LogP contribution >= 0.6 is 0 Å². The molecule has 1 aliphatic rings. The van der Waals surface area contributed by atoms with Gasteiger partial charge in [-0.3, -0.25) is 9.59 Å². The molecule has 1 N–H and O–H groups in total. The van der Waals surface area contributed by atoms with Crippen LogP contribution in [0.5, 0.6) is 0 Å². The maximum absolute atomic E-state index is 12.9. The molecule has 19 heavy (non-hydrogen) atoms. The standard InChI is InChI=1S/C13H16FN3O2/c14-12-7-11(1-4-15-12)13(19)16-8-10-2-5-17(9-18)6-3-10/h1,4,7,9-10H,2-3,5-6,8H2,(H,16,19). The highest BCUT2D eigenvalue weighted by atomic mass is 19.1. The third-order valence-electron chi connectivity index (χ3n) is 3.34. The minimum Gasteiger partial charge on any atom is -0.352 e. The summed E-state index contributed by atoms with van der Waals surface area (Å²) in [5.41, 5.74) is 0.276. The second kappa shape index (κ2) is 6.26. The van der Waals surface area contributed by atoms with Crippen LogP contribution in [0.15, 0.2) is 18.3 Å². The van der Waals surface area contributed by atoms with Crippen molar-refractivity contribution in [2.24, 2.45) is 5.92 Å². The lowest BCUT2D eigenvalue weighted by molar-refractivity contribution is -0.119. The minimum absolute atomic E-state index is 0.276. The maximum atomic E-state index is 12.9. The van der Waals surface area contributed by atoms with E-state index in [0.717, 1.165) is 38.4 Å². The molecular weight excluding hydrogens is 249 g/mol. The molecule has 1 aromatic rings. The summed E-state index contributed by atoms with van der Waals surface area (Å²) in [7, 11) is 0. The summed E-state index contributed by atoms with van der Waals surface area (Å²) in [4.78, 5) is 27.5. The molecule has 0 unspecified atom stereocenters. The quantitative estimate of drug-likeness (QED) is 0.647. The van der Waals surface area contributed by atoms with Gasteiger partial charge >= 0.3 is 0 Å². The van der Waals surface area contributed by atoms with E-state index in [2.05, 4.69) is 10.3 Å². The third-order valence-corrected chi connectivity index (χ3v) is 3.34. The van der Waals surface area contributed by atoms with Gasteiger partial charge in [-0.1, -0.05) is 0 Å². The zero-order valence-corrected chi connectivity index (χ0v) is 10.5. The molecule has 0 bridgehead atoms. The zero-order valence-electron chi connectivity index (χ0n) is 10.5. The number of piperidine rings is 1. The second-order valence-corrected chi connectivity index (χ2v) is 4.66. The van der Waals surface area contributed by atoms with E-state index >= 15 is 0 Å². The average molecular weight is 265 g/mol. The lowest BCUT2D eigenvalue weighted by Crippen LogP contribution is -2.38. The van der Waals surface area contributed by atoms with E-state index in [-0.39, 0.29) is 11.5 Å². The molecule has 0 spiro atoms. The van der Waals surface area contributed by atoms with Gasteiger partial charge in [-0.2, -0.15) is 4.39 Å². The van der Waals surface area contributed by atoms with Gasteiger partial charge in [0, 0.05) is 37.5 Å². The highest BCUT2D eigenvalue weighted by Gasteiger charge is 2.18. The summed E-state index contributed by atoms with van der Waals surface area (Å²) in [6.07, 6.45) is 3.88. The Labute approximate surface area is 110 Å². The van der Waals surface area contributed by atoms with E-state index in [1.165, 1.54) is 12.3 Å². The number of aromatic nitrogens is 1.